The van der Waals surface area contributed by atoms with Gasteiger partial charge < -0.3 is 10.2 Å². The smallest absolute Gasteiger partial charge is 0.285 e. The SMILES string of the molecule is Cc1cc2ncc(C(=O)NCCN3CCC[C@@H](c4ccccc4)C3)c(=O)n2[nH]1. The average molecular weight is 379 g/mol. The highest BCUT2D eigenvalue weighted by molar-refractivity contribution is 5.93. The van der Waals surface area contributed by atoms with Crippen LogP contribution in [0.25, 0.3) is 5.65 Å². The Bertz CT molecular complexity index is 1020. The molecular weight excluding hydrogens is 354 g/mol. The number of nitrogens with one attached hydrogen (secondary N) is 2. The Morgan fingerprint density at radius 2 is 2.14 bits per heavy atom. The Morgan fingerprint density at radius 3 is 2.96 bits per heavy atom. The largest absolute Gasteiger partial charge is 0.351 e. The first kappa shape index (κ1) is 18.4. The number of hydrogen-bond acceptors (Lipinski definition) is 4. The molecule has 3 heterocycles. The van der Waals surface area contributed by atoms with Crippen molar-refractivity contribution in [2.24, 2.45) is 0 Å². The number of benzene rings is 1. The van der Waals surface area contributed by atoms with E-state index in [2.05, 4.69) is 44.6 Å². The number of fused-ring (bicyclic) bond motifs is 1. The van der Waals surface area contributed by atoms with E-state index in [-0.39, 0.29) is 17.0 Å². The number of nitrogens with zero attached hydrogens (tertiary/aromatic N) is 3. The van der Waals surface area contributed by atoms with Gasteiger partial charge in [0.25, 0.3) is 11.5 Å². The lowest BCUT2D eigenvalue weighted by atomic mass is 9.91. The fourth-order valence-corrected chi connectivity index (χ4v) is 3.91. The van der Waals surface area contributed by atoms with Crippen LogP contribution < -0.4 is 10.9 Å². The summed E-state index contributed by atoms with van der Waals surface area (Å²) in [6, 6.07) is 12.4. The third-order valence-corrected chi connectivity index (χ3v) is 5.36. The van der Waals surface area contributed by atoms with Crippen LogP contribution in [0.2, 0.25) is 0 Å². The van der Waals surface area contributed by atoms with Gasteiger partial charge in [-0.25, -0.2) is 9.50 Å². The molecule has 1 aliphatic heterocycles. The number of aryl methyl sites for hydroxylation is 1. The van der Waals surface area contributed by atoms with Crippen molar-refractivity contribution >= 4 is 11.6 Å². The third kappa shape index (κ3) is 3.84. The van der Waals surface area contributed by atoms with Gasteiger partial charge in [-0.1, -0.05) is 30.3 Å². The van der Waals surface area contributed by atoms with Crippen LogP contribution in [0, 0.1) is 6.92 Å². The molecule has 0 saturated carbocycles. The Balaban J connectivity index is 1.34. The number of amides is 1. The van der Waals surface area contributed by atoms with E-state index in [9.17, 15) is 9.59 Å². The van der Waals surface area contributed by atoms with Gasteiger partial charge in [-0.2, -0.15) is 0 Å². The van der Waals surface area contributed by atoms with Crippen LogP contribution in [-0.2, 0) is 0 Å². The van der Waals surface area contributed by atoms with E-state index in [1.54, 1.807) is 6.07 Å². The van der Waals surface area contributed by atoms with E-state index in [4.69, 9.17) is 0 Å². The van der Waals surface area contributed by atoms with Gasteiger partial charge in [0.15, 0.2) is 5.65 Å². The Hall–Kier alpha value is -2.93. The zero-order valence-corrected chi connectivity index (χ0v) is 16.0. The zero-order chi connectivity index (χ0) is 19.5. The summed E-state index contributed by atoms with van der Waals surface area (Å²) in [7, 11) is 0. The zero-order valence-electron chi connectivity index (χ0n) is 16.0. The number of rotatable bonds is 5. The van der Waals surface area contributed by atoms with E-state index < -0.39 is 0 Å². The first-order valence-electron chi connectivity index (χ1n) is 9.74. The maximum absolute atomic E-state index is 12.5. The predicted molar refractivity (Wildman–Crippen MR) is 108 cm³/mol. The van der Waals surface area contributed by atoms with Crippen LogP contribution in [0.5, 0.6) is 0 Å². The van der Waals surface area contributed by atoms with E-state index in [0.29, 0.717) is 18.1 Å². The average Bonchev–Trinajstić information content (AvgIpc) is 3.10. The molecule has 2 aromatic heterocycles. The Morgan fingerprint density at radius 1 is 1.32 bits per heavy atom. The summed E-state index contributed by atoms with van der Waals surface area (Å²) in [5, 5.41) is 5.77. The molecular formula is C21H25N5O2. The molecule has 1 atom stereocenters. The second kappa shape index (κ2) is 7.98. The number of aromatic nitrogens is 3. The molecule has 7 heteroatoms. The van der Waals surface area contributed by atoms with Crippen molar-refractivity contribution in [1.82, 2.24) is 24.8 Å². The molecule has 1 fully saturated rings. The number of carbonyl (C=O) groups excluding carboxylic acids is 1. The second-order valence-corrected chi connectivity index (χ2v) is 7.42. The monoisotopic (exact) mass is 379 g/mol. The molecule has 3 aromatic rings. The number of piperidine rings is 1. The normalized spacial score (nSPS) is 17.7. The highest BCUT2D eigenvalue weighted by Gasteiger charge is 2.21. The Labute approximate surface area is 163 Å². The van der Waals surface area contributed by atoms with Crippen molar-refractivity contribution in [2.75, 3.05) is 26.2 Å². The van der Waals surface area contributed by atoms with Gasteiger partial charge in [0.2, 0.25) is 0 Å². The summed E-state index contributed by atoms with van der Waals surface area (Å²) in [4.78, 5) is 31.5. The van der Waals surface area contributed by atoms with Gasteiger partial charge in [0, 0.05) is 37.6 Å². The van der Waals surface area contributed by atoms with Gasteiger partial charge in [-0.05, 0) is 37.8 Å². The molecule has 1 aliphatic rings. The molecule has 146 valence electrons. The lowest BCUT2D eigenvalue weighted by Crippen LogP contribution is -2.41. The molecule has 0 aliphatic carbocycles. The first-order valence-corrected chi connectivity index (χ1v) is 9.74. The van der Waals surface area contributed by atoms with Crippen molar-refractivity contribution < 1.29 is 4.79 Å². The maximum Gasteiger partial charge on any atom is 0.285 e. The van der Waals surface area contributed by atoms with E-state index >= 15 is 0 Å². The summed E-state index contributed by atoms with van der Waals surface area (Å²) < 4.78 is 1.30. The van der Waals surface area contributed by atoms with Crippen molar-refractivity contribution in [2.45, 2.75) is 25.7 Å². The van der Waals surface area contributed by atoms with Crippen molar-refractivity contribution in [3.63, 3.8) is 0 Å². The molecule has 0 spiro atoms. The predicted octanol–water partition coefficient (Wildman–Crippen LogP) is 1.94. The molecule has 1 amide bonds. The van der Waals surface area contributed by atoms with Crippen LogP contribution in [0.1, 0.15) is 40.4 Å². The van der Waals surface area contributed by atoms with Gasteiger partial charge in [-0.3, -0.25) is 14.7 Å². The maximum atomic E-state index is 12.5. The molecule has 1 aromatic carbocycles. The van der Waals surface area contributed by atoms with Crippen LogP contribution in [0.15, 0.2) is 47.4 Å². The summed E-state index contributed by atoms with van der Waals surface area (Å²) in [6.07, 6.45) is 3.71. The number of carbonyl (C=O) groups is 1. The standard InChI is InChI=1S/C21H25N5O2/c1-15-12-19-23-13-18(21(28)26(19)24-15)20(27)22-9-11-25-10-5-8-17(14-25)16-6-3-2-4-7-16/h2-4,6-7,12-13,17,24H,5,8-11,14H2,1H3,(H,22,27)/t17-/m1/s1. The minimum atomic E-state index is -0.379. The van der Waals surface area contributed by atoms with Crippen molar-refractivity contribution in [3.8, 4) is 0 Å². The highest BCUT2D eigenvalue weighted by atomic mass is 16.2. The third-order valence-electron chi connectivity index (χ3n) is 5.36. The summed E-state index contributed by atoms with van der Waals surface area (Å²) in [5.74, 6) is 0.161. The Kier molecular flexibility index (Phi) is 5.25. The van der Waals surface area contributed by atoms with Crippen molar-refractivity contribution in [1.29, 1.82) is 0 Å². The molecule has 0 bridgehead atoms. The lowest BCUT2D eigenvalue weighted by molar-refractivity contribution is 0.0943. The molecule has 4 rings (SSSR count). The fourth-order valence-electron chi connectivity index (χ4n) is 3.91. The summed E-state index contributed by atoms with van der Waals surface area (Å²) >= 11 is 0. The summed E-state index contributed by atoms with van der Waals surface area (Å²) in [5.41, 5.74) is 2.39. The van der Waals surface area contributed by atoms with Crippen LogP contribution in [0.4, 0.5) is 0 Å². The highest BCUT2D eigenvalue weighted by Crippen LogP contribution is 2.26. The van der Waals surface area contributed by atoms with Crippen LogP contribution >= 0.6 is 0 Å². The van der Waals surface area contributed by atoms with Gasteiger partial charge in [0.05, 0.1) is 0 Å². The van der Waals surface area contributed by atoms with Gasteiger partial charge >= 0.3 is 0 Å². The number of aromatic amines is 1. The number of hydrogen-bond donors (Lipinski definition) is 2. The topological polar surface area (TPSA) is 82.5 Å². The number of H-pyrrole nitrogens is 1. The van der Waals surface area contributed by atoms with E-state index in [0.717, 1.165) is 31.7 Å². The molecule has 2 N–H and O–H groups in total. The number of likely N-dealkylation sites (tertiary alicyclic amines) is 1. The lowest BCUT2D eigenvalue weighted by Gasteiger charge is -2.33. The van der Waals surface area contributed by atoms with Crippen LogP contribution in [0.3, 0.4) is 0 Å². The second-order valence-electron chi connectivity index (χ2n) is 7.42. The molecule has 0 unspecified atom stereocenters. The minimum Gasteiger partial charge on any atom is -0.351 e. The van der Waals surface area contributed by atoms with E-state index in [1.807, 2.05) is 13.0 Å². The molecule has 1 saturated heterocycles. The van der Waals surface area contributed by atoms with Gasteiger partial charge in [-0.15, -0.1) is 0 Å². The summed E-state index contributed by atoms with van der Waals surface area (Å²) in [6.45, 7) is 5.16. The minimum absolute atomic E-state index is 0.0557. The quantitative estimate of drug-likeness (QED) is 0.710. The van der Waals surface area contributed by atoms with E-state index in [1.165, 1.54) is 22.7 Å². The first-order chi connectivity index (χ1) is 13.6. The fraction of sp³-hybridized carbons (Fsp3) is 0.381. The molecule has 0 radical (unpaired) electrons. The van der Waals surface area contributed by atoms with Gasteiger partial charge in [0.1, 0.15) is 5.56 Å². The molecule has 7 nitrogen and oxygen atoms in total. The molecule has 28 heavy (non-hydrogen) atoms. The van der Waals surface area contributed by atoms with Crippen LogP contribution in [-0.4, -0.2) is 51.6 Å². The van der Waals surface area contributed by atoms with Crippen molar-refractivity contribution in [3.05, 3.63) is 69.8 Å².